The Hall–Kier alpha value is -1.25. The van der Waals surface area contributed by atoms with Gasteiger partial charge < -0.3 is 10.6 Å². The highest BCUT2D eigenvalue weighted by Crippen LogP contribution is 2.22. The second-order valence-corrected chi connectivity index (χ2v) is 7.15. The normalized spacial score (nSPS) is 18.0. The Morgan fingerprint density at radius 3 is 2.57 bits per heavy atom. The lowest BCUT2D eigenvalue weighted by Crippen LogP contribution is -2.37. The first-order chi connectivity index (χ1) is 9.79. The van der Waals surface area contributed by atoms with Crippen LogP contribution in [-0.4, -0.2) is 40.0 Å². The zero-order valence-corrected chi connectivity index (χ0v) is 12.6. The van der Waals surface area contributed by atoms with Crippen molar-refractivity contribution < 1.29 is 17.2 Å². The van der Waals surface area contributed by atoms with Crippen LogP contribution in [0.3, 0.4) is 0 Å². The zero-order valence-electron chi connectivity index (χ0n) is 11.8. The molecule has 1 aliphatic rings. The molecule has 3 N–H and O–H groups in total. The van der Waals surface area contributed by atoms with Crippen molar-refractivity contribution in [2.75, 3.05) is 32.4 Å². The van der Waals surface area contributed by atoms with Gasteiger partial charge in [0.15, 0.2) is 11.6 Å². The molecule has 0 amide bonds. The number of sulfonamides is 1. The number of halogens is 2. The number of nitrogens with one attached hydrogen (secondary N) is 1. The lowest BCUT2D eigenvalue weighted by molar-refractivity contribution is 0.220. The van der Waals surface area contributed by atoms with Gasteiger partial charge in [0.25, 0.3) is 0 Å². The fourth-order valence-electron chi connectivity index (χ4n) is 2.35. The van der Waals surface area contributed by atoms with Crippen LogP contribution in [0.5, 0.6) is 0 Å². The molecule has 0 aromatic heterocycles. The van der Waals surface area contributed by atoms with Gasteiger partial charge in [-0.05, 0) is 51.0 Å². The summed E-state index contributed by atoms with van der Waals surface area (Å²) in [6, 6.07) is 1.68. The fraction of sp³-hybridized carbons (Fsp3) is 0.538. The minimum absolute atomic E-state index is 0.131. The van der Waals surface area contributed by atoms with Crippen LogP contribution in [0, 0.1) is 17.6 Å². The number of hydrogen-bond donors (Lipinski definition) is 2. The van der Waals surface area contributed by atoms with Gasteiger partial charge >= 0.3 is 0 Å². The molecule has 8 heteroatoms. The maximum Gasteiger partial charge on any atom is 0.243 e. The van der Waals surface area contributed by atoms with E-state index in [-0.39, 0.29) is 18.2 Å². The van der Waals surface area contributed by atoms with E-state index in [1.165, 1.54) is 0 Å². The van der Waals surface area contributed by atoms with E-state index in [1.807, 2.05) is 7.05 Å². The van der Waals surface area contributed by atoms with Crippen LogP contribution in [0.2, 0.25) is 0 Å². The van der Waals surface area contributed by atoms with Crippen LogP contribution >= 0.6 is 0 Å². The highest BCUT2D eigenvalue weighted by molar-refractivity contribution is 7.89. The Morgan fingerprint density at radius 1 is 1.33 bits per heavy atom. The maximum atomic E-state index is 13.6. The first-order valence-corrected chi connectivity index (χ1v) is 8.20. The van der Waals surface area contributed by atoms with Gasteiger partial charge in [0.05, 0.1) is 0 Å². The van der Waals surface area contributed by atoms with Gasteiger partial charge in [-0.25, -0.2) is 21.9 Å². The molecule has 1 aromatic rings. The Bertz CT molecular complexity index is 614. The van der Waals surface area contributed by atoms with Crippen LogP contribution in [-0.2, 0) is 10.0 Å². The third-order valence-corrected chi connectivity index (χ3v) is 5.13. The summed E-state index contributed by atoms with van der Waals surface area (Å²) >= 11 is 0. The maximum absolute atomic E-state index is 13.6. The molecule has 1 aromatic carbocycles. The van der Waals surface area contributed by atoms with E-state index in [1.54, 1.807) is 0 Å². The topological polar surface area (TPSA) is 75.4 Å². The van der Waals surface area contributed by atoms with Gasteiger partial charge in [-0.3, -0.25) is 0 Å². The number of nitrogens with zero attached hydrogens (tertiary/aromatic N) is 1. The molecule has 0 atom stereocenters. The molecule has 2 rings (SSSR count). The standard InChI is InChI=1S/C13H19F2N3O2S/c1-18-4-2-9(3-5-18)8-17-21(19,20)12-7-10(16)6-11(14)13(12)15/h6-7,9,17H,2-5,8,16H2,1H3. The Balaban J connectivity index is 2.09. The SMILES string of the molecule is CN1CCC(CNS(=O)(=O)c2cc(N)cc(F)c2F)CC1. The summed E-state index contributed by atoms with van der Waals surface area (Å²) in [6.07, 6.45) is 1.74. The molecule has 0 aliphatic carbocycles. The van der Waals surface area contributed by atoms with Gasteiger partial charge in [0.2, 0.25) is 10.0 Å². The van der Waals surface area contributed by atoms with E-state index in [0.717, 1.165) is 38.1 Å². The largest absolute Gasteiger partial charge is 0.399 e. The summed E-state index contributed by atoms with van der Waals surface area (Å²) < 4.78 is 53.4. The van der Waals surface area contributed by atoms with Crippen LogP contribution in [0.4, 0.5) is 14.5 Å². The van der Waals surface area contributed by atoms with Crippen LogP contribution in [0.1, 0.15) is 12.8 Å². The summed E-state index contributed by atoms with van der Waals surface area (Å²) in [5.74, 6) is -2.47. The van der Waals surface area contributed by atoms with Crippen LogP contribution in [0.15, 0.2) is 17.0 Å². The van der Waals surface area contributed by atoms with Gasteiger partial charge in [0, 0.05) is 12.2 Å². The fourth-order valence-corrected chi connectivity index (χ4v) is 3.59. The third-order valence-electron chi connectivity index (χ3n) is 3.71. The number of benzene rings is 1. The summed E-state index contributed by atoms with van der Waals surface area (Å²) in [5, 5.41) is 0. The molecule has 1 fully saturated rings. The lowest BCUT2D eigenvalue weighted by atomic mass is 9.98. The molecule has 0 bridgehead atoms. The van der Waals surface area contributed by atoms with Crippen molar-refractivity contribution in [1.82, 2.24) is 9.62 Å². The monoisotopic (exact) mass is 319 g/mol. The number of nitrogens with two attached hydrogens (primary N) is 1. The van der Waals surface area contributed by atoms with E-state index < -0.39 is 26.6 Å². The highest BCUT2D eigenvalue weighted by Gasteiger charge is 2.24. The van der Waals surface area contributed by atoms with E-state index in [0.29, 0.717) is 0 Å². The van der Waals surface area contributed by atoms with E-state index in [2.05, 4.69) is 9.62 Å². The molecule has 1 heterocycles. The molecular weight excluding hydrogens is 300 g/mol. The van der Waals surface area contributed by atoms with Crippen molar-refractivity contribution in [3.63, 3.8) is 0 Å². The van der Waals surface area contributed by atoms with Crippen molar-refractivity contribution in [2.45, 2.75) is 17.7 Å². The van der Waals surface area contributed by atoms with Gasteiger partial charge in [0.1, 0.15) is 4.90 Å². The number of anilines is 1. The Kier molecular flexibility index (Phi) is 4.80. The van der Waals surface area contributed by atoms with Gasteiger partial charge in [-0.15, -0.1) is 0 Å². The van der Waals surface area contributed by atoms with Crippen molar-refractivity contribution >= 4 is 15.7 Å². The molecule has 5 nitrogen and oxygen atoms in total. The summed E-state index contributed by atoms with van der Waals surface area (Å²) in [7, 11) is -2.10. The van der Waals surface area contributed by atoms with Gasteiger partial charge in [-0.2, -0.15) is 0 Å². The second-order valence-electron chi connectivity index (χ2n) is 5.41. The van der Waals surface area contributed by atoms with E-state index in [9.17, 15) is 17.2 Å². The Labute approximate surface area is 123 Å². The van der Waals surface area contributed by atoms with Crippen LogP contribution in [0.25, 0.3) is 0 Å². The molecule has 0 radical (unpaired) electrons. The summed E-state index contributed by atoms with van der Waals surface area (Å²) in [5.41, 5.74) is 5.24. The van der Waals surface area contributed by atoms with E-state index >= 15 is 0 Å². The smallest absolute Gasteiger partial charge is 0.243 e. The number of hydrogen-bond acceptors (Lipinski definition) is 4. The van der Waals surface area contributed by atoms with Crippen molar-refractivity contribution in [1.29, 1.82) is 0 Å². The average molecular weight is 319 g/mol. The van der Waals surface area contributed by atoms with Crippen molar-refractivity contribution in [3.8, 4) is 0 Å². The number of rotatable bonds is 4. The summed E-state index contributed by atoms with van der Waals surface area (Å²) in [4.78, 5) is 1.42. The molecule has 1 saturated heterocycles. The number of likely N-dealkylation sites (tertiary alicyclic amines) is 1. The van der Waals surface area contributed by atoms with Crippen LogP contribution < -0.4 is 10.5 Å². The molecule has 0 spiro atoms. The van der Waals surface area contributed by atoms with E-state index in [4.69, 9.17) is 5.73 Å². The number of nitrogen functional groups attached to an aromatic ring is 1. The summed E-state index contributed by atoms with van der Waals surface area (Å²) in [6.45, 7) is 2.01. The predicted octanol–water partition coefficient (Wildman–Crippen LogP) is 1.17. The van der Waals surface area contributed by atoms with Crippen molar-refractivity contribution in [3.05, 3.63) is 23.8 Å². The molecule has 21 heavy (non-hydrogen) atoms. The first kappa shape index (κ1) is 16.1. The first-order valence-electron chi connectivity index (χ1n) is 6.72. The molecule has 118 valence electrons. The zero-order chi connectivity index (χ0) is 15.6. The highest BCUT2D eigenvalue weighted by atomic mass is 32.2. The second kappa shape index (κ2) is 6.25. The van der Waals surface area contributed by atoms with Gasteiger partial charge in [-0.1, -0.05) is 0 Å². The Morgan fingerprint density at radius 2 is 1.95 bits per heavy atom. The van der Waals surface area contributed by atoms with Crippen molar-refractivity contribution in [2.24, 2.45) is 5.92 Å². The number of piperidine rings is 1. The minimum atomic E-state index is -4.11. The molecule has 0 unspecified atom stereocenters. The molecule has 0 saturated carbocycles. The third kappa shape index (κ3) is 3.90. The minimum Gasteiger partial charge on any atom is -0.399 e. The quantitative estimate of drug-likeness (QED) is 0.817. The lowest BCUT2D eigenvalue weighted by Gasteiger charge is -2.28. The molecular formula is C13H19F2N3O2S. The molecule has 1 aliphatic heterocycles. The average Bonchev–Trinajstić information content (AvgIpc) is 2.42. The predicted molar refractivity (Wildman–Crippen MR) is 76.2 cm³/mol.